The molecule has 0 aromatic carbocycles. The van der Waals surface area contributed by atoms with Crippen LogP contribution in [-0.4, -0.2) is 53.1 Å². The van der Waals surface area contributed by atoms with Gasteiger partial charge in [-0.2, -0.15) is 0 Å². The highest BCUT2D eigenvalue weighted by Gasteiger charge is 2.25. The quantitative estimate of drug-likeness (QED) is 0.929. The fourth-order valence-corrected chi connectivity index (χ4v) is 4.41. The predicted octanol–water partition coefficient (Wildman–Crippen LogP) is 2.90. The van der Waals surface area contributed by atoms with Gasteiger partial charge in [-0.15, -0.1) is 11.3 Å². The average Bonchev–Trinajstić information content (AvgIpc) is 2.98. The van der Waals surface area contributed by atoms with Crippen LogP contribution in [-0.2, 0) is 6.54 Å². The second-order valence-electron chi connectivity index (χ2n) is 6.18. The first-order chi connectivity index (χ1) is 10.2. The minimum Gasteiger partial charge on any atom is -0.477 e. The highest BCUT2D eigenvalue weighted by molar-refractivity contribution is 7.13. The number of carboxylic acid groups (broad SMARTS) is 1. The highest BCUT2D eigenvalue weighted by Crippen LogP contribution is 2.24. The van der Waals surface area contributed by atoms with Crippen molar-refractivity contribution in [3.8, 4) is 0 Å². The number of hydrogen-bond acceptors (Lipinski definition) is 4. The minimum atomic E-state index is -0.810. The molecule has 1 N–H and O–H groups in total. The van der Waals surface area contributed by atoms with E-state index in [0.29, 0.717) is 4.88 Å². The van der Waals surface area contributed by atoms with Crippen molar-refractivity contribution >= 4 is 17.3 Å². The van der Waals surface area contributed by atoms with Crippen molar-refractivity contribution in [2.45, 2.75) is 44.7 Å². The maximum atomic E-state index is 10.9. The summed E-state index contributed by atoms with van der Waals surface area (Å²) < 4.78 is 0. The second kappa shape index (κ2) is 6.90. The van der Waals surface area contributed by atoms with E-state index in [-0.39, 0.29) is 0 Å². The first-order valence-electron chi connectivity index (χ1n) is 8.01. The van der Waals surface area contributed by atoms with Crippen LogP contribution >= 0.6 is 11.3 Å². The Kier molecular flexibility index (Phi) is 4.93. The van der Waals surface area contributed by atoms with E-state index in [2.05, 4.69) is 9.80 Å². The highest BCUT2D eigenvalue weighted by atomic mass is 32.1. The largest absolute Gasteiger partial charge is 0.477 e. The van der Waals surface area contributed by atoms with Crippen molar-refractivity contribution < 1.29 is 9.90 Å². The van der Waals surface area contributed by atoms with Crippen molar-refractivity contribution in [1.82, 2.24) is 9.80 Å². The number of carboxylic acids is 1. The van der Waals surface area contributed by atoms with E-state index in [4.69, 9.17) is 5.11 Å². The zero-order valence-corrected chi connectivity index (χ0v) is 13.3. The number of thiophene rings is 1. The molecule has 0 radical (unpaired) electrons. The van der Waals surface area contributed by atoms with Crippen molar-refractivity contribution in [1.29, 1.82) is 0 Å². The first kappa shape index (κ1) is 15.0. The maximum absolute atomic E-state index is 10.9. The summed E-state index contributed by atoms with van der Waals surface area (Å²) in [6.07, 6.45) is 6.66. The van der Waals surface area contributed by atoms with Crippen molar-refractivity contribution in [3.05, 3.63) is 21.9 Å². The molecular weight excluding hydrogens is 284 g/mol. The third kappa shape index (κ3) is 3.84. The lowest BCUT2D eigenvalue weighted by atomic mass is 10.00. The van der Waals surface area contributed by atoms with Gasteiger partial charge in [0.25, 0.3) is 0 Å². The van der Waals surface area contributed by atoms with Crippen molar-refractivity contribution in [2.75, 3.05) is 26.2 Å². The van der Waals surface area contributed by atoms with Crippen LogP contribution in [0.3, 0.4) is 0 Å². The third-order valence-electron chi connectivity index (χ3n) is 4.72. The van der Waals surface area contributed by atoms with Crippen molar-refractivity contribution in [3.63, 3.8) is 0 Å². The van der Waals surface area contributed by atoms with E-state index >= 15 is 0 Å². The van der Waals surface area contributed by atoms with Gasteiger partial charge in [-0.25, -0.2) is 4.79 Å². The summed E-state index contributed by atoms with van der Waals surface area (Å²) in [6, 6.07) is 4.47. The molecule has 3 heterocycles. The lowest BCUT2D eigenvalue weighted by Gasteiger charge is -2.40. The summed E-state index contributed by atoms with van der Waals surface area (Å²) in [5.74, 6) is -0.810. The average molecular weight is 308 g/mol. The predicted molar refractivity (Wildman–Crippen MR) is 85.0 cm³/mol. The van der Waals surface area contributed by atoms with E-state index < -0.39 is 5.97 Å². The summed E-state index contributed by atoms with van der Waals surface area (Å²) in [5.41, 5.74) is 0. The van der Waals surface area contributed by atoms with Crippen LogP contribution in [0.25, 0.3) is 0 Å². The van der Waals surface area contributed by atoms with Crippen LogP contribution in [0, 0.1) is 0 Å². The number of hydrogen-bond donors (Lipinski definition) is 1. The third-order valence-corrected chi connectivity index (χ3v) is 5.77. The molecule has 21 heavy (non-hydrogen) atoms. The number of aromatic carboxylic acids is 1. The normalized spacial score (nSPS) is 22.5. The summed E-state index contributed by atoms with van der Waals surface area (Å²) in [7, 11) is 0. The SMILES string of the molecule is O=C(O)c1ccc(CN2CCC(N3CCCCC3)CC2)s1. The molecule has 0 spiro atoms. The Bertz CT molecular complexity index is 474. The molecule has 0 atom stereocenters. The van der Waals surface area contributed by atoms with E-state index in [1.165, 1.54) is 61.4 Å². The molecule has 5 heteroatoms. The van der Waals surface area contributed by atoms with E-state index in [1.54, 1.807) is 6.07 Å². The van der Waals surface area contributed by atoms with Crippen LogP contribution in [0.2, 0.25) is 0 Å². The Hall–Kier alpha value is -0.910. The number of likely N-dealkylation sites (tertiary alicyclic amines) is 2. The smallest absolute Gasteiger partial charge is 0.345 e. The fraction of sp³-hybridized carbons (Fsp3) is 0.688. The van der Waals surface area contributed by atoms with Crippen LogP contribution in [0.4, 0.5) is 0 Å². The Morgan fingerprint density at radius 3 is 2.48 bits per heavy atom. The monoisotopic (exact) mass is 308 g/mol. The Morgan fingerprint density at radius 1 is 1.14 bits per heavy atom. The van der Waals surface area contributed by atoms with Gasteiger partial charge in [0.05, 0.1) is 0 Å². The zero-order valence-electron chi connectivity index (χ0n) is 12.5. The van der Waals surface area contributed by atoms with Crippen LogP contribution < -0.4 is 0 Å². The first-order valence-corrected chi connectivity index (χ1v) is 8.82. The van der Waals surface area contributed by atoms with Gasteiger partial charge in [0.1, 0.15) is 4.88 Å². The van der Waals surface area contributed by atoms with Gasteiger partial charge in [-0.3, -0.25) is 4.90 Å². The number of carbonyl (C=O) groups is 1. The Balaban J connectivity index is 1.47. The van der Waals surface area contributed by atoms with Crippen LogP contribution in [0.15, 0.2) is 12.1 Å². The van der Waals surface area contributed by atoms with E-state index in [0.717, 1.165) is 25.7 Å². The fourth-order valence-electron chi connectivity index (χ4n) is 3.52. The number of piperidine rings is 2. The van der Waals surface area contributed by atoms with Crippen LogP contribution in [0.1, 0.15) is 46.7 Å². The molecule has 1 aromatic rings. The van der Waals surface area contributed by atoms with E-state index in [1.807, 2.05) is 6.07 Å². The van der Waals surface area contributed by atoms with Gasteiger partial charge in [-0.05, 0) is 50.9 Å². The second-order valence-corrected chi connectivity index (χ2v) is 7.34. The molecule has 116 valence electrons. The molecule has 2 aliphatic heterocycles. The molecule has 0 amide bonds. The lowest BCUT2D eigenvalue weighted by Crippen LogP contribution is -2.46. The van der Waals surface area contributed by atoms with Gasteiger partial charge in [0, 0.05) is 30.6 Å². The summed E-state index contributed by atoms with van der Waals surface area (Å²) in [4.78, 5) is 17.7. The summed E-state index contributed by atoms with van der Waals surface area (Å²) in [5, 5.41) is 8.97. The molecule has 0 aliphatic carbocycles. The number of rotatable bonds is 4. The molecule has 1 aromatic heterocycles. The minimum absolute atomic E-state index is 0.452. The lowest BCUT2D eigenvalue weighted by molar-refractivity contribution is 0.0702. The molecule has 2 saturated heterocycles. The summed E-state index contributed by atoms with van der Waals surface area (Å²) in [6.45, 7) is 5.77. The zero-order chi connectivity index (χ0) is 14.7. The Labute approximate surface area is 130 Å². The topological polar surface area (TPSA) is 43.8 Å². The van der Waals surface area contributed by atoms with Gasteiger partial charge in [-0.1, -0.05) is 6.42 Å². The molecule has 0 unspecified atom stereocenters. The molecular formula is C16H24N2O2S. The van der Waals surface area contributed by atoms with Crippen LogP contribution in [0.5, 0.6) is 0 Å². The Morgan fingerprint density at radius 2 is 1.86 bits per heavy atom. The summed E-state index contributed by atoms with van der Waals surface area (Å²) >= 11 is 1.41. The van der Waals surface area contributed by atoms with Gasteiger partial charge < -0.3 is 10.0 Å². The molecule has 3 rings (SSSR count). The molecule has 0 bridgehead atoms. The standard InChI is InChI=1S/C16H24N2O2S/c19-16(20)15-5-4-14(21-15)12-17-10-6-13(7-11-17)18-8-2-1-3-9-18/h4-5,13H,1-3,6-12H2,(H,19,20). The molecule has 0 saturated carbocycles. The van der Waals surface area contributed by atoms with Crippen molar-refractivity contribution in [2.24, 2.45) is 0 Å². The number of nitrogens with zero attached hydrogens (tertiary/aromatic N) is 2. The van der Waals surface area contributed by atoms with E-state index in [9.17, 15) is 4.79 Å². The molecule has 2 fully saturated rings. The van der Waals surface area contributed by atoms with Gasteiger partial charge in [0.2, 0.25) is 0 Å². The molecule has 4 nitrogen and oxygen atoms in total. The van der Waals surface area contributed by atoms with Gasteiger partial charge in [0.15, 0.2) is 0 Å². The molecule has 2 aliphatic rings. The maximum Gasteiger partial charge on any atom is 0.345 e. The van der Waals surface area contributed by atoms with Gasteiger partial charge >= 0.3 is 5.97 Å².